The van der Waals surface area contributed by atoms with Crippen LogP contribution in [-0.2, 0) is 0 Å². The highest BCUT2D eigenvalue weighted by Gasteiger charge is 2.26. The smallest absolute Gasteiger partial charge is 0.254 e. The van der Waals surface area contributed by atoms with Crippen LogP contribution in [0.3, 0.4) is 0 Å². The molecule has 184 valence electrons. The van der Waals surface area contributed by atoms with Gasteiger partial charge in [-0.3, -0.25) is 4.79 Å². The molecule has 10 heteroatoms. The van der Waals surface area contributed by atoms with Gasteiger partial charge >= 0.3 is 0 Å². The molecule has 2 aliphatic heterocycles. The van der Waals surface area contributed by atoms with E-state index < -0.39 is 0 Å². The van der Waals surface area contributed by atoms with Crippen LogP contribution >= 0.6 is 0 Å². The summed E-state index contributed by atoms with van der Waals surface area (Å²) in [6.45, 7) is 8.49. The number of aromatic nitrogens is 2. The van der Waals surface area contributed by atoms with E-state index in [4.69, 9.17) is 19.2 Å². The van der Waals surface area contributed by atoms with Crippen LogP contribution in [-0.4, -0.2) is 106 Å². The van der Waals surface area contributed by atoms with E-state index in [1.54, 1.807) is 33.5 Å². The number of carbonyl (C=O) groups excluding carboxylic acids is 1. The average Bonchev–Trinajstić information content (AvgIpc) is 2.87. The average molecular weight is 471 g/mol. The van der Waals surface area contributed by atoms with Crippen LogP contribution in [0.25, 0.3) is 0 Å². The van der Waals surface area contributed by atoms with Crippen LogP contribution in [0, 0.1) is 6.92 Å². The summed E-state index contributed by atoms with van der Waals surface area (Å²) < 4.78 is 16.2. The normalized spacial score (nSPS) is 17.0. The summed E-state index contributed by atoms with van der Waals surface area (Å²) in [4.78, 5) is 31.4. The molecule has 0 saturated carbocycles. The maximum Gasteiger partial charge on any atom is 0.254 e. The maximum atomic E-state index is 13.2. The Labute approximate surface area is 201 Å². The SMILES string of the molecule is COc1cc(C(=O)N2CCN(c3nc(C)cc(N4CCN(C)CC4)n3)CC2)cc(OC)c1OC. The molecule has 0 bridgehead atoms. The molecule has 10 nitrogen and oxygen atoms in total. The van der Waals surface area contributed by atoms with Crippen molar-refractivity contribution in [1.29, 1.82) is 0 Å². The molecule has 4 rings (SSSR count). The molecular weight excluding hydrogens is 436 g/mol. The molecule has 2 aromatic rings. The van der Waals surface area contributed by atoms with E-state index in [2.05, 4.69) is 32.8 Å². The van der Waals surface area contributed by atoms with Crippen LogP contribution in [0.4, 0.5) is 11.8 Å². The van der Waals surface area contributed by atoms with Crippen molar-refractivity contribution >= 4 is 17.7 Å². The van der Waals surface area contributed by atoms with Gasteiger partial charge in [-0.2, -0.15) is 4.98 Å². The quantitative estimate of drug-likeness (QED) is 0.624. The Bertz CT molecular complexity index is 992. The van der Waals surface area contributed by atoms with Gasteiger partial charge in [0.15, 0.2) is 11.5 Å². The van der Waals surface area contributed by atoms with Gasteiger partial charge in [0.05, 0.1) is 21.3 Å². The zero-order chi connectivity index (χ0) is 24.2. The molecular formula is C24H34N6O4. The first kappa shape index (κ1) is 23.9. The molecule has 34 heavy (non-hydrogen) atoms. The molecule has 0 radical (unpaired) electrons. The highest BCUT2D eigenvalue weighted by molar-refractivity contribution is 5.95. The van der Waals surface area contributed by atoms with Crippen molar-refractivity contribution in [3.63, 3.8) is 0 Å². The third-order valence-electron chi connectivity index (χ3n) is 6.42. The number of anilines is 2. The van der Waals surface area contributed by atoms with Crippen molar-refractivity contribution in [2.45, 2.75) is 6.92 Å². The number of hydrogen-bond acceptors (Lipinski definition) is 9. The van der Waals surface area contributed by atoms with Crippen LogP contribution in [0.5, 0.6) is 17.2 Å². The van der Waals surface area contributed by atoms with Crippen LogP contribution in [0.2, 0.25) is 0 Å². The highest BCUT2D eigenvalue weighted by atomic mass is 16.5. The number of methoxy groups -OCH3 is 3. The summed E-state index contributed by atoms with van der Waals surface area (Å²) in [7, 11) is 6.78. The lowest BCUT2D eigenvalue weighted by atomic mass is 10.1. The van der Waals surface area contributed by atoms with Crippen LogP contribution in [0.1, 0.15) is 16.1 Å². The molecule has 0 N–H and O–H groups in total. The lowest BCUT2D eigenvalue weighted by Gasteiger charge is -2.36. The minimum absolute atomic E-state index is 0.0674. The summed E-state index contributed by atoms with van der Waals surface area (Å²) in [6, 6.07) is 5.45. The molecule has 2 aliphatic rings. The second-order valence-corrected chi connectivity index (χ2v) is 8.65. The van der Waals surface area contributed by atoms with E-state index in [0.29, 0.717) is 49.0 Å². The third-order valence-corrected chi connectivity index (χ3v) is 6.42. The number of ether oxygens (including phenoxy) is 3. The predicted octanol–water partition coefficient (Wildman–Crippen LogP) is 1.53. The second kappa shape index (κ2) is 10.3. The Balaban J connectivity index is 1.45. The van der Waals surface area contributed by atoms with Gasteiger partial charge in [-0.1, -0.05) is 0 Å². The van der Waals surface area contributed by atoms with E-state index in [1.165, 1.54) is 0 Å². The Kier molecular flexibility index (Phi) is 7.26. The Hall–Kier alpha value is -3.27. The number of benzene rings is 1. The van der Waals surface area contributed by atoms with Crippen LogP contribution < -0.4 is 24.0 Å². The second-order valence-electron chi connectivity index (χ2n) is 8.65. The fraction of sp³-hybridized carbons (Fsp3) is 0.542. The standard InChI is InChI=1S/C24H34N6O4/c1-17-14-21(28-8-6-27(2)7-9-28)26-24(25-17)30-12-10-29(11-13-30)23(31)18-15-19(32-3)22(34-5)20(16-18)33-4/h14-16H,6-13H2,1-5H3. The third kappa shape index (κ3) is 4.96. The highest BCUT2D eigenvalue weighted by Crippen LogP contribution is 2.38. The zero-order valence-electron chi connectivity index (χ0n) is 20.7. The predicted molar refractivity (Wildman–Crippen MR) is 131 cm³/mol. The Morgan fingerprint density at radius 2 is 1.38 bits per heavy atom. The van der Waals surface area contributed by atoms with Gasteiger partial charge in [0.1, 0.15) is 5.82 Å². The van der Waals surface area contributed by atoms with Crippen molar-refractivity contribution in [1.82, 2.24) is 19.8 Å². The van der Waals surface area contributed by atoms with Gasteiger partial charge < -0.3 is 33.8 Å². The number of carbonyl (C=O) groups is 1. The minimum Gasteiger partial charge on any atom is -0.493 e. The topological polar surface area (TPSA) is 83.5 Å². The van der Waals surface area contributed by atoms with Gasteiger partial charge in [-0.05, 0) is 26.1 Å². The molecule has 0 atom stereocenters. The first-order valence-electron chi connectivity index (χ1n) is 11.6. The summed E-state index contributed by atoms with van der Waals surface area (Å²) in [6.07, 6.45) is 0. The first-order chi connectivity index (χ1) is 16.4. The molecule has 3 heterocycles. The molecule has 0 unspecified atom stereocenters. The van der Waals surface area contributed by atoms with Crippen molar-refractivity contribution < 1.29 is 19.0 Å². The van der Waals surface area contributed by atoms with Gasteiger partial charge in [0.2, 0.25) is 11.7 Å². The lowest BCUT2D eigenvalue weighted by molar-refractivity contribution is 0.0745. The lowest BCUT2D eigenvalue weighted by Crippen LogP contribution is -2.49. The van der Waals surface area contributed by atoms with E-state index >= 15 is 0 Å². The first-order valence-corrected chi connectivity index (χ1v) is 11.6. The van der Waals surface area contributed by atoms with Gasteiger partial charge in [-0.15, -0.1) is 0 Å². The molecule has 1 aromatic carbocycles. The summed E-state index contributed by atoms with van der Waals surface area (Å²) >= 11 is 0. The number of nitrogens with zero attached hydrogens (tertiary/aromatic N) is 6. The fourth-order valence-corrected chi connectivity index (χ4v) is 4.37. The minimum atomic E-state index is -0.0674. The number of likely N-dealkylation sites (N-methyl/N-ethyl adjacent to an activating group) is 1. The number of piperazine rings is 2. The monoisotopic (exact) mass is 470 g/mol. The van der Waals surface area contributed by atoms with Crippen molar-refractivity contribution in [3.8, 4) is 17.2 Å². The summed E-state index contributed by atoms with van der Waals surface area (Å²) in [5.41, 5.74) is 1.46. The zero-order valence-corrected chi connectivity index (χ0v) is 20.7. The van der Waals surface area contributed by atoms with Crippen molar-refractivity contribution in [3.05, 3.63) is 29.5 Å². The van der Waals surface area contributed by atoms with E-state index in [9.17, 15) is 4.79 Å². The van der Waals surface area contributed by atoms with Crippen LogP contribution in [0.15, 0.2) is 18.2 Å². The largest absolute Gasteiger partial charge is 0.493 e. The van der Waals surface area contributed by atoms with E-state index in [0.717, 1.165) is 43.6 Å². The number of hydrogen-bond donors (Lipinski definition) is 0. The van der Waals surface area contributed by atoms with Gasteiger partial charge in [0.25, 0.3) is 5.91 Å². The number of aryl methyl sites for hydroxylation is 1. The molecule has 0 spiro atoms. The molecule has 2 saturated heterocycles. The summed E-state index contributed by atoms with van der Waals surface area (Å²) in [5, 5.41) is 0. The number of rotatable bonds is 6. The molecule has 2 fully saturated rings. The molecule has 1 aromatic heterocycles. The van der Waals surface area contributed by atoms with E-state index in [1.807, 2.05) is 11.8 Å². The molecule has 0 aliphatic carbocycles. The van der Waals surface area contributed by atoms with Crippen molar-refractivity contribution in [2.24, 2.45) is 0 Å². The maximum absolute atomic E-state index is 13.2. The van der Waals surface area contributed by atoms with E-state index in [-0.39, 0.29) is 5.91 Å². The van der Waals surface area contributed by atoms with Gasteiger partial charge in [0, 0.05) is 69.7 Å². The van der Waals surface area contributed by atoms with Crippen molar-refractivity contribution in [2.75, 3.05) is 90.5 Å². The fourth-order valence-electron chi connectivity index (χ4n) is 4.37. The Morgan fingerprint density at radius 3 is 1.94 bits per heavy atom. The van der Waals surface area contributed by atoms with Gasteiger partial charge in [-0.25, -0.2) is 4.98 Å². The molecule has 1 amide bonds. The Morgan fingerprint density at radius 1 is 0.794 bits per heavy atom. The number of amides is 1. The summed E-state index contributed by atoms with van der Waals surface area (Å²) in [5.74, 6) is 3.04.